The second-order valence-corrected chi connectivity index (χ2v) is 6.60. The van der Waals surface area contributed by atoms with Crippen molar-refractivity contribution in [1.82, 2.24) is 0 Å². The highest BCUT2D eigenvalue weighted by Crippen LogP contribution is 2.33. The molecule has 0 aromatic rings. The number of unbranched alkanes of at least 4 members (excludes halogenated alkanes) is 4. The molecule has 0 amide bonds. The summed E-state index contributed by atoms with van der Waals surface area (Å²) in [4.78, 5) is 0. The van der Waals surface area contributed by atoms with E-state index in [1.807, 2.05) is 0 Å². The molecule has 0 aliphatic rings. The molecule has 0 fully saturated rings. The summed E-state index contributed by atoms with van der Waals surface area (Å²) in [5, 5.41) is 19.5. The Morgan fingerprint density at radius 3 is 2.25 bits per heavy atom. The third-order valence-corrected chi connectivity index (χ3v) is 3.91. The molecule has 0 aliphatic heterocycles. The number of hydrogen-bond donors (Lipinski definition) is 2. The average molecular weight is 284 g/mol. The fraction of sp³-hybridized carbons (Fsp3) is 0.889. The molecule has 2 heteroatoms. The summed E-state index contributed by atoms with van der Waals surface area (Å²) in [6, 6.07) is 0. The van der Waals surface area contributed by atoms with E-state index in [9.17, 15) is 10.2 Å². The van der Waals surface area contributed by atoms with Crippen LogP contribution in [0.2, 0.25) is 0 Å². The van der Waals surface area contributed by atoms with Crippen LogP contribution in [0.15, 0.2) is 12.2 Å². The summed E-state index contributed by atoms with van der Waals surface area (Å²) in [6.45, 7) is 8.41. The van der Waals surface area contributed by atoms with Crippen molar-refractivity contribution in [2.75, 3.05) is 0 Å². The fourth-order valence-corrected chi connectivity index (χ4v) is 2.73. The number of aliphatic hydroxyl groups is 2. The van der Waals surface area contributed by atoms with E-state index in [-0.39, 0.29) is 5.41 Å². The fourth-order valence-electron chi connectivity index (χ4n) is 2.73. The molecule has 0 aliphatic carbocycles. The Bertz CT molecular complexity index is 248. The summed E-state index contributed by atoms with van der Waals surface area (Å²) in [6.07, 6.45) is 13.4. The minimum Gasteiger partial charge on any atom is -0.393 e. The molecule has 0 aromatic carbocycles. The van der Waals surface area contributed by atoms with Gasteiger partial charge in [-0.3, -0.25) is 0 Å². The number of allylic oxidation sites excluding steroid dienone is 2. The molecule has 0 saturated heterocycles. The van der Waals surface area contributed by atoms with Crippen LogP contribution in [0.5, 0.6) is 0 Å². The smallest absolute Gasteiger partial charge is 0.0572 e. The number of aliphatic hydroxyl groups excluding tert-OH is 2. The lowest BCUT2D eigenvalue weighted by atomic mass is 9.78. The highest BCUT2D eigenvalue weighted by Gasteiger charge is 2.24. The number of hydrogen-bond acceptors (Lipinski definition) is 2. The largest absolute Gasteiger partial charge is 0.393 e. The van der Waals surface area contributed by atoms with E-state index in [0.717, 1.165) is 19.3 Å². The van der Waals surface area contributed by atoms with Gasteiger partial charge in [-0.2, -0.15) is 0 Å². The Kier molecular flexibility index (Phi) is 11.1. The molecular weight excluding hydrogens is 248 g/mol. The first-order chi connectivity index (χ1) is 9.43. The van der Waals surface area contributed by atoms with Crippen molar-refractivity contribution in [1.29, 1.82) is 0 Å². The van der Waals surface area contributed by atoms with Crippen LogP contribution in [0.3, 0.4) is 0 Å². The molecule has 0 bridgehead atoms. The van der Waals surface area contributed by atoms with Crippen LogP contribution in [-0.4, -0.2) is 22.4 Å². The summed E-state index contributed by atoms with van der Waals surface area (Å²) < 4.78 is 0. The van der Waals surface area contributed by atoms with Crippen LogP contribution >= 0.6 is 0 Å². The maximum absolute atomic E-state index is 10.1. The average Bonchev–Trinajstić information content (AvgIpc) is 2.35. The Hall–Kier alpha value is -0.340. The molecule has 0 aromatic heterocycles. The van der Waals surface area contributed by atoms with Gasteiger partial charge in [-0.25, -0.2) is 0 Å². The Labute approximate surface area is 126 Å². The van der Waals surface area contributed by atoms with Gasteiger partial charge in [0.2, 0.25) is 0 Å². The second kappa shape index (κ2) is 11.3. The van der Waals surface area contributed by atoms with Gasteiger partial charge in [0.15, 0.2) is 0 Å². The summed E-state index contributed by atoms with van der Waals surface area (Å²) in [7, 11) is 0. The highest BCUT2D eigenvalue weighted by molar-refractivity contribution is 4.98. The van der Waals surface area contributed by atoms with Crippen molar-refractivity contribution in [3.63, 3.8) is 0 Å². The zero-order valence-corrected chi connectivity index (χ0v) is 14.1. The number of rotatable bonds is 12. The van der Waals surface area contributed by atoms with Crippen molar-refractivity contribution in [3.8, 4) is 0 Å². The van der Waals surface area contributed by atoms with E-state index in [1.165, 1.54) is 32.1 Å². The normalized spacial score (nSPS) is 18.1. The maximum Gasteiger partial charge on any atom is 0.0572 e. The SMILES string of the molecule is CCCCCC=CC(C)(CCCC)CC(O)CC(C)O. The first-order valence-corrected chi connectivity index (χ1v) is 8.47. The highest BCUT2D eigenvalue weighted by atomic mass is 16.3. The third kappa shape index (κ3) is 10.4. The summed E-state index contributed by atoms with van der Waals surface area (Å²) >= 11 is 0. The minimum atomic E-state index is -0.422. The summed E-state index contributed by atoms with van der Waals surface area (Å²) in [5.41, 5.74) is 0.0660. The Balaban J connectivity index is 4.40. The van der Waals surface area contributed by atoms with Crippen LogP contribution in [-0.2, 0) is 0 Å². The molecule has 3 unspecified atom stereocenters. The van der Waals surface area contributed by atoms with Crippen molar-refractivity contribution < 1.29 is 10.2 Å². The van der Waals surface area contributed by atoms with Crippen LogP contribution in [0.4, 0.5) is 0 Å². The van der Waals surface area contributed by atoms with Gasteiger partial charge in [-0.1, -0.05) is 58.6 Å². The molecule has 0 heterocycles. The van der Waals surface area contributed by atoms with Crippen molar-refractivity contribution >= 4 is 0 Å². The molecule has 3 atom stereocenters. The van der Waals surface area contributed by atoms with Crippen LogP contribution in [0.25, 0.3) is 0 Å². The lowest BCUT2D eigenvalue weighted by Gasteiger charge is -2.29. The molecule has 0 spiro atoms. The Morgan fingerprint density at radius 2 is 1.70 bits per heavy atom. The van der Waals surface area contributed by atoms with E-state index in [1.54, 1.807) is 6.92 Å². The third-order valence-electron chi connectivity index (χ3n) is 3.91. The minimum absolute atomic E-state index is 0.0660. The van der Waals surface area contributed by atoms with Gasteiger partial charge >= 0.3 is 0 Å². The van der Waals surface area contributed by atoms with Gasteiger partial charge in [-0.15, -0.1) is 0 Å². The van der Waals surface area contributed by atoms with Gasteiger partial charge < -0.3 is 10.2 Å². The van der Waals surface area contributed by atoms with Crippen molar-refractivity contribution in [2.45, 2.75) is 97.7 Å². The van der Waals surface area contributed by atoms with Crippen LogP contribution in [0, 0.1) is 5.41 Å². The van der Waals surface area contributed by atoms with E-state index < -0.39 is 12.2 Å². The molecule has 120 valence electrons. The van der Waals surface area contributed by atoms with Gasteiger partial charge in [0.25, 0.3) is 0 Å². The first kappa shape index (κ1) is 19.7. The lowest BCUT2D eigenvalue weighted by Crippen LogP contribution is -2.24. The predicted molar refractivity (Wildman–Crippen MR) is 87.8 cm³/mol. The zero-order chi connectivity index (χ0) is 15.4. The van der Waals surface area contributed by atoms with E-state index >= 15 is 0 Å². The summed E-state index contributed by atoms with van der Waals surface area (Å²) in [5.74, 6) is 0. The molecule has 2 N–H and O–H groups in total. The monoisotopic (exact) mass is 284 g/mol. The molecule has 0 rings (SSSR count). The zero-order valence-electron chi connectivity index (χ0n) is 14.1. The van der Waals surface area contributed by atoms with E-state index in [2.05, 4.69) is 32.9 Å². The lowest BCUT2D eigenvalue weighted by molar-refractivity contribution is 0.0625. The standard InChI is InChI=1S/C18H36O2/c1-5-7-9-10-11-13-18(4,12-8-6-2)15-17(20)14-16(3)19/h11,13,16-17,19-20H,5-10,12,14-15H2,1-4H3. The maximum atomic E-state index is 10.1. The van der Waals surface area contributed by atoms with Crippen LogP contribution < -0.4 is 0 Å². The van der Waals surface area contributed by atoms with E-state index in [4.69, 9.17) is 0 Å². The van der Waals surface area contributed by atoms with Gasteiger partial charge in [0.1, 0.15) is 0 Å². The molecule has 0 saturated carbocycles. The van der Waals surface area contributed by atoms with Gasteiger partial charge in [-0.05, 0) is 44.4 Å². The van der Waals surface area contributed by atoms with Crippen molar-refractivity contribution in [3.05, 3.63) is 12.2 Å². The van der Waals surface area contributed by atoms with Crippen molar-refractivity contribution in [2.24, 2.45) is 5.41 Å². The first-order valence-electron chi connectivity index (χ1n) is 8.47. The predicted octanol–water partition coefficient (Wildman–Crippen LogP) is 4.84. The molecule has 20 heavy (non-hydrogen) atoms. The topological polar surface area (TPSA) is 40.5 Å². The van der Waals surface area contributed by atoms with Gasteiger partial charge in [0, 0.05) is 0 Å². The molecule has 2 nitrogen and oxygen atoms in total. The van der Waals surface area contributed by atoms with Crippen LogP contribution in [0.1, 0.15) is 85.5 Å². The molecule has 0 radical (unpaired) electrons. The second-order valence-electron chi connectivity index (χ2n) is 6.60. The molecular formula is C18H36O2. The quantitative estimate of drug-likeness (QED) is 0.397. The van der Waals surface area contributed by atoms with Gasteiger partial charge in [0.05, 0.1) is 12.2 Å². The van der Waals surface area contributed by atoms with E-state index in [0.29, 0.717) is 6.42 Å². The Morgan fingerprint density at radius 1 is 1.05 bits per heavy atom.